The highest BCUT2D eigenvalue weighted by molar-refractivity contribution is 5.96. The first-order valence-electron chi connectivity index (χ1n) is 7.35. The van der Waals surface area contributed by atoms with Gasteiger partial charge in [0.15, 0.2) is 0 Å². The lowest BCUT2D eigenvalue weighted by Gasteiger charge is -2.20. The van der Waals surface area contributed by atoms with Gasteiger partial charge in [-0.05, 0) is 54.8 Å². The Morgan fingerprint density at radius 3 is 3.11 bits per heavy atom. The number of benzene rings is 1. The molecule has 2 N–H and O–H groups in total. The van der Waals surface area contributed by atoms with E-state index in [0.29, 0.717) is 5.92 Å². The molecule has 1 aliphatic carbocycles. The summed E-state index contributed by atoms with van der Waals surface area (Å²) >= 11 is 0. The molecule has 1 heterocycles. The fourth-order valence-electron chi connectivity index (χ4n) is 2.93. The lowest BCUT2D eigenvalue weighted by molar-refractivity contribution is 0.0945. The van der Waals surface area contributed by atoms with Gasteiger partial charge in [-0.3, -0.25) is 4.79 Å². The Balaban J connectivity index is 1.68. The van der Waals surface area contributed by atoms with Crippen molar-refractivity contribution in [2.45, 2.75) is 32.7 Å². The highest BCUT2D eigenvalue weighted by Gasteiger charge is 2.28. The third-order valence-electron chi connectivity index (χ3n) is 4.40. The quantitative estimate of drug-likeness (QED) is 0.868. The van der Waals surface area contributed by atoms with Crippen LogP contribution >= 0.6 is 0 Å². The first kappa shape index (κ1) is 12.7. The van der Waals surface area contributed by atoms with Crippen LogP contribution in [0.1, 0.15) is 41.3 Å². The molecule has 0 spiro atoms. The van der Waals surface area contributed by atoms with E-state index in [9.17, 15) is 4.79 Å². The summed E-state index contributed by atoms with van der Waals surface area (Å²) in [6.07, 6.45) is 3.63. The molecule has 0 bridgehead atoms. The number of hydrogen-bond donors (Lipinski definition) is 2. The monoisotopic (exact) mass is 258 g/mol. The Morgan fingerprint density at radius 2 is 2.32 bits per heavy atom. The third-order valence-corrected chi connectivity index (χ3v) is 4.40. The molecular formula is C16H22N2O. The Hall–Kier alpha value is -1.35. The number of nitrogens with one attached hydrogen (secondary N) is 2. The molecule has 19 heavy (non-hydrogen) atoms. The summed E-state index contributed by atoms with van der Waals surface area (Å²) in [6, 6.07) is 6.07. The molecule has 3 nitrogen and oxygen atoms in total. The Labute approximate surface area is 114 Å². The first-order chi connectivity index (χ1) is 9.25. The molecule has 1 aliphatic heterocycles. The van der Waals surface area contributed by atoms with Gasteiger partial charge in [-0.15, -0.1) is 0 Å². The Bertz CT molecular complexity index is 480. The smallest absolute Gasteiger partial charge is 0.251 e. The SMILES string of the molecule is CC(CNC(=O)c1cccc2c1CCNC2)C1CC1. The first-order valence-corrected chi connectivity index (χ1v) is 7.35. The average molecular weight is 258 g/mol. The second kappa shape index (κ2) is 5.33. The van der Waals surface area contributed by atoms with Crippen LogP contribution in [-0.4, -0.2) is 19.0 Å². The maximum absolute atomic E-state index is 12.3. The lowest BCUT2D eigenvalue weighted by atomic mass is 9.95. The van der Waals surface area contributed by atoms with Crippen LogP contribution < -0.4 is 10.6 Å². The third kappa shape index (κ3) is 2.81. The van der Waals surface area contributed by atoms with Crippen molar-refractivity contribution >= 4 is 5.91 Å². The molecule has 1 aromatic rings. The van der Waals surface area contributed by atoms with E-state index in [1.165, 1.54) is 24.0 Å². The topological polar surface area (TPSA) is 41.1 Å². The second-order valence-corrected chi connectivity index (χ2v) is 5.89. The summed E-state index contributed by atoms with van der Waals surface area (Å²) in [4.78, 5) is 12.3. The van der Waals surface area contributed by atoms with Crippen LogP contribution in [0.2, 0.25) is 0 Å². The molecule has 1 fully saturated rings. The molecule has 1 atom stereocenters. The highest BCUT2D eigenvalue weighted by atomic mass is 16.1. The van der Waals surface area contributed by atoms with Gasteiger partial charge in [0.05, 0.1) is 0 Å². The minimum absolute atomic E-state index is 0.103. The maximum Gasteiger partial charge on any atom is 0.251 e. The number of rotatable bonds is 4. The highest BCUT2D eigenvalue weighted by Crippen LogP contribution is 2.36. The van der Waals surface area contributed by atoms with E-state index >= 15 is 0 Å². The van der Waals surface area contributed by atoms with Gasteiger partial charge in [0.2, 0.25) is 0 Å². The molecule has 0 radical (unpaired) electrons. The van der Waals surface area contributed by atoms with E-state index in [0.717, 1.165) is 37.5 Å². The summed E-state index contributed by atoms with van der Waals surface area (Å²) in [7, 11) is 0. The van der Waals surface area contributed by atoms with Crippen molar-refractivity contribution in [3.05, 3.63) is 34.9 Å². The van der Waals surface area contributed by atoms with E-state index in [4.69, 9.17) is 0 Å². The minimum atomic E-state index is 0.103. The molecule has 1 aromatic carbocycles. The second-order valence-electron chi connectivity index (χ2n) is 5.89. The van der Waals surface area contributed by atoms with Gasteiger partial charge in [0.1, 0.15) is 0 Å². The number of amides is 1. The van der Waals surface area contributed by atoms with Crippen molar-refractivity contribution in [3.63, 3.8) is 0 Å². The Kier molecular flexibility index (Phi) is 3.56. The average Bonchev–Trinajstić information content (AvgIpc) is 3.28. The number of fused-ring (bicyclic) bond motifs is 1. The molecule has 0 saturated heterocycles. The van der Waals surface area contributed by atoms with Crippen LogP contribution in [0.25, 0.3) is 0 Å². The zero-order valence-electron chi connectivity index (χ0n) is 11.5. The lowest BCUT2D eigenvalue weighted by Crippen LogP contribution is -2.32. The van der Waals surface area contributed by atoms with Crippen LogP contribution in [0.5, 0.6) is 0 Å². The molecule has 3 rings (SSSR count). The van der Waals surface area contributed by atoms with Crippen molar-refractivity contribution < 1.29 is 4.79 Å². The molecular weight excluding hydrogens is 236 g/mol. The van der Waals surface area contributed by atoms with Crippen molar-refractivity contribution in [1.82, 2.24) is 10.6 Å². The Morgan fingerprint density at radius 1 is 1.47 bits per heavy atom. The molecule has 0 aromatic heterocycles. The summed E-state index contributed by atoms with van der Waals surface area (Å²) in [6.45, 7) is 4.90. The van der Waals surface area contributed by atoms with E-state index < -0.39 is 0 Å². The van der Waals surface area contributed by atoms with E-state index in [-0.39, 0.29) is 5.91 Å². The maximum atomic E-state index is 12.3. The van der Waals surface area contributed by atoms with Crippen molar-refractivity contribution in [1.29, 1.82) is 0 Å². The van der Waals surface area contributed by atoms with Crippen LogP contribution in [0.15, 0.2) is 18.2 Å². The predicted molar refractivity (Wildman–Crippen MR) is 76.1 cm³/mol. The fourth-order valence-corrected chi connectivity index (χ4v) is 2.93. The number of hydrogen-bond acceptors (Lipinski definition) is 2. The van der Waals surface area contributed by atoms with Gasteiger partial charge >= 0.3 is 0 Å². The summed E-state index contributed by atoms with van der Waals surface area (Å²) in [5.74, 6) is 1.56. The molecule has 102 valence electrons. The van der Waals surface area contributed by atoms with Gasteiger partial charge in [-0.1, -0.05) is 19.1 Å². The molecule has 1 unspecified atom stereocenters. The molecule has 1 saturated carbocycles. The zero-order valence-corrected chi connectivity index (χ0v) is 11.5. The van der Waals surface area contributed by atoms with Crippen LogP contribution in [0.4, 0.5) is 0 Å². The van der Waals surface area contributed by atoms with Crippen molar-refractivity contribution in [3.8, 4) is 0 Å². The van der Waals surface area contributed by atoms with E-state index in [1.807, 2.05) is 12.1 Å². The summed E-state index contributed by atoms with van der Waals surface area (Å²) in [5, 5.41) is 6.46. The van der Waals surface area contributed by atoms with Gasteiger partial charge in [-0.25, -0.2) is 0 Å². The fraction of sp³-hybridized carbons (Fsp3) is 0.562. The number of carbonyl (C=O) groups is 1. The largest absolute Gasteiger partial charge is 0.352 e. The van der Waals surface area contributed by atoms with Crippen LogP contribution in [0, 0.1) is 11.8 Å². The van der Waals surface area contributed by atoms with Gasteiger partial charge in [0.25, 0.3) is 5.91 Å². The van der Waals surface area contributed by atoms with Crippen LogP contribution in [-0.2, 0) is 13.0 Å². The van der Waals surface area contributed by atoms with Gasteiger partial charge in [-0.2, -0.15) is 0 Å². The van der Waals surface area contributed by atoms with E-state index in [2.05, 4.69) is 23.6 Å². The number of carbonyl (C=O) groups excluding carboxylic acids is 1. The molecule has 2 aliphatic rings. The zero-order chi connectivity index (χ0) is 13.2. The summed E-state index contributed by atoms with van der Waals surface area (Å²) in [5.41, 5.74) is 3.38. The standard InChI is InChI=1S/C16H22N2O/c1-11(12-5-6-12)9-18-16(19)15-4-2-3-13-10-17-8-7-14(13)15/h2-4,11-12,17H,5-10H2,1H3,(H,18,19). The van der Waals surface area contributed by atoms with Crippen LogP contribution in [0.3, 0.4) is 0 Å². The molecule has 3 heteroatoms. The normalized spacial score (nSPS) is 19.6. The summed E-state index contributed by atoms with van der Waals surface area (Å²) < 4.78 is 0. The van der Waals surface area contributed by atoms with Crippen molar-refractivity contribution in [2.75, 3.05) is 13.1 Å². The minimum Gasteiger partial charge on any atom is -0.352 e. The van der Waals surface area contributed by atoms with Gasteiger partial charge < -0.3 is 10.6 Å². The van der Waals surface area contributed by atoms with Gasteiger partial charge in [0, 0.05) is 18.7 Å². The van der Waals surface area contributed by atoms with Crippen molar-refractivity contribution in [2.24, 2.45) is 11.8 Å². The van der Waals surface area contributed by atoms with E-state index in [1.54, 1.807) is 0 Å². The molecule has 1 amide bonds. The predicted octanol–water partition coefficient (Wildman–Crippen LogP) is 2.11.